The Bertz CT molecular complexity index is 350. The van der Waals surface area contributed by atoms with Crippen LogP contribution in [0.3, 0.4) is 0 Å². The number of hydrogen-bond acceptors (Lipinski definition) is 1. The molecule has 0 aromatic heterocycles. The Kier molecular flexibility index (Phi) is 4.75. The van der Waals surface area contributed by atoms with Gasteiger partial charge < -0.3 is 5.32 Å². The summed E-state index contributed by atoms with van der Waals surface area (Å²) in [5.74, 6) is -0.226. The highest BCUT2D eigenvalue weighted by molar-refractivity contribution is 6.31. The smallest absolute Gasteiger partial charge is 0.123 e. The first-order valence-electron chi connectivity index (χ1n) is 5.63. The largest absolute Gasteiger partial charge is 0.317 e. The monoisotopic (exact) mass is 243 g/mol. The van der Waals surface area contributed by atoms with Crippen LogP contribution >= 0.6 is 11.6 Å². The van der Waals surface area contributed by atoms with E-state index in [2.05, 4.69) is 26.1 Å². The number of halogens is 2. The van der Waals surface area contributed by atoms with Crippen molar-refractivity contribution in [2.24, 2.45) is 0 Å². The third-order valence-electron chi connectivity index (χ3n) is 2.83. The van der Waals surface area contributed by atoms with Crippen molar-refractivity contribution in [1.82, 2.24) is 5.32 Å². The maximum atomic E-state index is 13.2. The first-order valence-corrected chi connectivity index (χ1v) is 6.01. The lowest BCUT2D eigenvalue weighted by Crippen LogP contribution is -2.25. The Hall–Kier alpha value is -0.600. The van der Waals surface area contributed by atoms with Gasteiger partial charge in [-0.3, -0.25) is 0 Å². The molecular weight excluding hydrogens is 225 g/mol. The second kappa shape index (κ2) is 5.65. The summed E-state index contributed by atoms with van der Waals surface area (Å²) in [6.07, 6.45) is 0.935. The van der Waals surface area contributed by atoms with Crippen molar-refractivity contribution >= 4 is 11.6 Å². The Morgan fingerprint density at radius 1 is 1.38 bits per heavy atom. The third kappa shape index (κ3) is 3.46. The molecule has 0 saturated heterocycles. The number of hydrogen-bond donors (Lipinski definition) is 1. The van der Waals surface area contributed by atoms with Crippen molar-refractivity contribution in [2.75, 3.05) is 13.1 Å². The molecule has 0 spiro atoms. The van der Waals surface area contributed by atoms with E-state index in [4.69, 9.17) is 11.6 Å². The van der Waals surface area contributed by atoms with Crippen LogP contribution in [0.25, 0.3) is 0 Å². The van der Waals surface area contributed by atoms with Gasteiger partial charge in [0.15, 0.2) is 0 Å². The van der Waals surface area contributed by atoms with E-state index in [1.807, 2.05) is 0 Å². The van der Waals surface area contributed by atoms with Gasteiger partial charge in [0.1, 0.15) is 5.82 Å². The zero-order valence-corrected chi connectivity index (χ0v) is 10.9. The van der Waals surface area contributed by atoms with Gasteiger partial charge >= 0.3 is 0 Å². The lowest BCUT2D eigenvalue weighted by atomic mass is 9.81. The molecule has 1 N–H and O–H groups in total. The van der Waals surface area contributed by atoms with Crippen LogP contribution in [0.5, 0.6) is 0 Å². The average molecular weight is 244 g/mol. The molecule has 1 nitrogen and oxygen atoms in total. The van der Waals surface area contributed by atoms with Gasteiger partial charge in [0, 0.05) is 5.02 Å². The average Bonchev–Trinajstić information content (AvgIpc) is 2.22. The van der Waals surface area contributed by atoms with E-state index in [9.17, 15) is 4.39 Å². The molecule has 1 aromatic carbocycles. The summed E-state index contributed by atoms with van der Waals surface area (Å²) in [6.45, 7) is 8.11. The van der Waals surface area contributed by atoms with Crippen molar-refractivity contribution < 1.29 is 4.39 Å². The Morgan fingerprint density at radius 2 is 2.06 bits per heavy atom. The normalized spacial score (nSPS) is 11.8. The third-order valence-corrected chi connectivity index (χ3v) is 3.16. The highest BCUT2D eigenvalue weighted by Crippen LogP contribution is 2.32. The number of rotatable bonds is 5. The molecule has 0 radical (unpaired) electrons. The minimum Gasteiger partial charge on any atom is -0.317 e. The fraction of sp³-hybridized carbons (Fsp3) is 0.538. The number of nitrogens with one attached hydrogen (secondary N) is 1. The molecule has 1 rings (SSSR count). The Balaban J connectivity index is 2.83. The molecule has 0 atom stereocenters. The standard InChI is InChI=1S/C13H19ClFN/c1-4-16-8-7-13(2,3)11-9-10(15)5-6-12(11)14/h5-6,9,16H,4,7-8H2,1-3H3. The van der Waals surface area contributed by atoms with Crippen molar-refractivity contribution in [3.63, 3.8) is 0 Å². The van der Waals surface area contributed by atoms with E-state index in [0.717, 1.165) is 25.1 Å². The molecule has 0 aliphatic heterocycles. The van der Waals surface area contributed by atoms with E-state index in [-0.39, 0.29) is 11.2 Å². The molecule has 0 aliphatic carbocycles. The zero-order valence-electron chi connectivity index (χ0n) is 10.1. The summed E-state index contributed by atoms with van der Waals surface area (Å²) in [5, 5.41) is 3.91. The summed E-state index contributed by atoms with van der Waals surface area (Å²) >= 11 is 6.11. The highest BCUT2D eigenvalue weighted by atomic mass is 35.5. The summed E-state index contributed by atoms with van der Waals surface area (Å²) in [4.78, 5) is 0. The van der Waals surface area contributed by atoms with Crippen LogP contribution in [0.15, 0.2) is 18.2 Å². The van der Waals surface area contributed by atoms with Crippen molar-refractivity contribution in [3.05, 3.63) is 34.6 Å². The molecule has 1 aromatic rings. The van der Waals surface area contributed by atoms with Crippen molar-refractivity contribution in [2.45, 2.75) is 32.6 Å². The van der Waals surface area contributed by atoms with Gasteiger partial charge in [-0.15, -0.1) is 0 Å². The maximum Gasteiger partial charge on any atom is 0.123 e. The van der Waals surface area contributed by atoms with Gasteiger partial charge in [0.2, 0.25) is 0 Å². The van der Waals surface area contributed by atoms with E-state index < -0.39 is 0 Å². The van der Waals surface area contributed by atoms with E-state index in [1.165, 1.54) is 12.1 Å². The van der Waals surface area contributed by atoms with Gasteiger partial charge in [-0.1, -0.05) is 32.4 Å². The summed E-state index contributed by atoms with van der Waals surface area (Å²) in [6, 6.07) is 4.56. The Labute approximate surface area is 102 Å². The van der Waals surface area contributed by atoms with E-state index in [1.54, 1.807) is 6.07 Å². The van der Waals surface area contributed by atoms with Gasteiger partial charge in [0.05, 0.1) is 0 Å². The molecule has 90 valence electrons. The minimum atomic E-state index is -0.226. The van der Waals surface area contributed by atoms with Gasteiger partial charge in [-0.05, 0) is 48.7 Å². The molecule has 0 unspecified atom stereocenters. The second-order valence-electron chi connectivity index (χ2n) is 4.61. The topological polar surface area (TPSA) is 12.0 Å². The summed E-state index contributed by atoms with van der Waals surface area (Å²) in [7, 11) is 0. The predicted octanol–water partition coefficient (Wildman–Crippen LogP) is 3.76. The minimum absolute atomic E-state index is 0.110. The van der Waals surface area contributed by atoms with Crippen molar-refractivity contribution in [3.8, 4) is 0 Å². The summed E-state index contributed by atoms with van der Waals surface area (Å²) < 4.78 is 13.2. The van der Waals surface area contributed by atoms with Crippen LogP contribution in [0.1, 0.15) is 32.8 Å². The fourth-order valence-corrected chi connectivity index (χ4v) is 2.10. The lowest BCUT2D eigenvalue weighted by Gasteiger charge is -2.26. The highest BCUT2D eigenvalue weighted by Gasteiger charge is 2.23. The first kappa shape index (κ1) is 13.5. The SMILES string of the molecule is CCNCCC(C)(C)c1cc(F)ccc1Cl. The fourth-order valence-electron chi connectivity index (χ4n) is 1.73. The molecule has 3 heteroatoms. The van der Waals surface area contributed by atoms with Gasteiger partial charge in [0.25, 0.3) is 0 Å². The van der Waals surface area contributed by atoms with Crippen LogP contribution in [0.2, 0.25) is 5.02 Å². The summed E-state index contributed by atoms with van der Waals surface area (Å²) in [5.41, 5.74) is 0.772. The molecule has 0 amide bonds. The van der Waals surface area contributed by atoms with Crippen LogP contribution < -0.4 is 5.32 Å². The lowest BCUT2D eigenvalue weighted by molar-refractivity contribution is 0.458. The van der Waals surface area contributed by atoms with Crippen LogP contribution in [-0.2, 0) is 5.41 Å². The molecule has 0 saturated carbocycles. The quantitative estimate of drug-likeness (QED) is 0.777. The molecule has 0 aliphatic rings. The molecule has 16 heavy (non-hydrogen) atoms. The molecule has 0 heterocycles. The number of benzene rings is 1. The van der Waals surface area contributed by atoms with Crippen LogP contribution in [0.4, 0.5) is 4.39 Å². The molecule has 0 bridgehead atoms. The van der Waals surface area contributed by atoms with E-state index >= 15 is 0 Å². The first-order chi connectivity index (χ1) is 7.47. The van der Waals surface area contributed by atoms with Crippen LogP contribution in [-0.4, -0.2) is 13.1 Å². The zero-order chi connectivity index (χ0) is 12.2. The van der Waals surface area contributed by atoms with Crippen LogP contribution in [0, 0.1) is 5.82 Å². The Morgan fingerprint density at radius 3 is 2.69 bits per heavy atom. The molecule has 0 fully saturated rings. The van der Waals surface area contributed by atoms with Gasteiger partial charge in [-0.25, -0.2) is 4.39 Å². The van der Waals surface area contributed by atoms with Gasteiger partial charge in [-0.2, -0.15) is 0 Å². The second-order valence-corrected chi connectivity index (χ2v) is 5.02. The van der Waals surface area contributed by atoms with Crippen molar-refractivity contribution in [1.29, 1.82) is 0 Å². The maximum absolute atomic E-state index is 13.2. The molecular formula is C13H19ClFN. The van der Waals surface area contributed by atoms with E-state index in [0.29, 0.717) is 5.02 Å². The predicted molar refractivity (Wildman–Crippen MR) is 67.6 cm³/mol.